The Kier molecular flexibility index (Phi) is 7.34. The molecule has 2 aliphatic rings. The van der Waals surface area contributed by atoms with E-state index in [-0.39, 0.29) is 28.8 Å². The first-order valence-electron chi connectivity index (χ1n) is 11.6. The second-order valence-corrected chi connectivity index (χ2v) is 12.1. The van der Waals surface area contributed by atoms with Crippen LogP contribution >= 0.6 is 0 Å². The molecule has 3 rings (SSSR count). The van der Waals surface area contributed by atoms with Gasteiger partial charge in [0.05, 0.1) is 4.90 Å². The molecule has 0 saturated carbocycles. The maximum Gasteiger partial charge on any atom is 0.251 e. The molecule has 0 aliphatic carbocycles. The molecule has 32 heavy (non-hydrogen) atoms. The highest BCUT2D eigenvalue weighted by Crippen LogP contribution is 2.27. The van der Waals surface area contributed by atoms with E-state index in [2.05, 4.69) is 5.32 Å². The highest BCUT2D eigenvalue weighted by molar-refractivity contribution is 7.89. The molecule has 7 nitrogen and oxygen atoms in total. The van der Waals surface area contributed by atoms with Gasteiger partial charge in [0.25, 0.3) is 5.91 Å². The molecule has 0 aromatic heterocycles. The number of amides is 2. The van der Waals surface area contributed by atoms with Gasteiger partial charge < -0.3 is 10.2 Å². The maximum absolute atomic E-state index is 13.2. The zero-order chi connectivity index (χ0) is 23.7. The number of likely N-dealkylation sites (tertiary alicyclic amines) is 1. The van der Waals surface area contributed by atoms with Crippen LogP contribution in [-0.4, -0.2) is 61.2 Å². The van der Waals surface area contributed by atoms with Gasteiger partial charge in [-0.05, 0) is 57.2 Å². The van der Waals surface area contributed by atoms with Crippen molar-refractivity contribution in [1.82, 2.24) is 14.5 Å². The van der Waals surface area contributed by atoms with Crippen LogP contribution in [0.1, 0.15) is 75.7 Å². The van der Waals surface area contributed by atoms with Gasteiger partial charge in [-0.25, -0.2) is 8.42 Å². The Morgan fingerprint density at radius 3 is 2.28 bits per heavy atom. The first-order chi connectivity index (χ1) is 14.9. The molecule has 1 N–H and O–H groups in total. The molecule has 178 valence electrons. The monoisotopic (exact) mass is 463 g/mol. The summed E-state index contributed by atoms with van der Waals surface area (Å²) >= 11 is 0. The van der Waals surface area contributed by atoms with E-state index in [4.69, 9.17) is 0 Å². The Balaban J connectivity index is 1.70. The zero-order valence-electron chi connectivity index (χ0n) is 20.0. The number of nitrogens with one attached hydrogen (secondary N) is 1. The molecule has 2 aliphatic heterocycles. The Hall–Kier alpha value is -1.93. The second-order valence-electron chi connectivity index (χ2n) is 10.2. The van der Waals surface area contributed by atoms with E-state index in [1.165, 1.54) is 6.07 Å². The summed E-state index contributed by atoms with van der Waals surface area (Å²) in [6.07, 6.45) is 4.13. The third kappa shape index (κ3) is 5.34. The molecule has 8 heteroatoms. The zero-order valence-corrected chi connectivity index (χ0v) is 20.8. The van der Waals surface area contributed by atoms with Crippen LogP contribution in [0, 0.1) is 12.3 Å². The summed E-state index contributed by atoms with van der Waals surface area (Å²) in [5.74, 6) is -0.130. The number of piperidine rings is 2. The largest absolute Gasteiger partial charge is 0.349 e. The standard InChI is InChI=1S/C24H37N3O4S/c1-17-9-10-20(32(30,31)27-13-7-6-8-18(27)2)16-21(17)22(28)25-19-11-14-26(15-12-19)23(29)24(3,4)5/h9-10,16,18-19H,6-8,11-15H2,1-5H3,(H,25,28). The van der Waals surface area contributed by atoms with Crippen molar-refractivity contribution >= 4 is 21.8 Å². The smallest absolute Gasteiger partial charge is 0.251 e. The van der Waals surface area contributed by atoms with Gasteiger partial charge in [-0.1, -0.05) is 33.3 Å². The highest BCUT2D eigenvalue weighted by Gasteiger charge is 2.33. The van der Waals surface area contributed by atoms with Crippen LogP contribution in [0.15, 0.2) is 23.1 Å². The van der Waals surface area contributed by atoms with Crippen molar-refractivity contribution in [1.29, 1.82) is 0 Å². The lowest BCUT2D eigenvalue weighted by Crippen LogP contribution is -2.49. The predicted molar refractivity (Wildman–Crippen MR) is 125 cm³/mol. The average molecular weight is 464 g/mol. The number of carbonyl (C=O) groups is 2. The molecule has 0 bridgehead atoms. The molecule has 2 amide bonds. The normalized spacial score (nSPS) is 21.4. The minimum Gasteiger partial charge on any atom is -0.349 e. The molecule has 0 spiro atoms. The molecule has 0 radical (unpaired) electrons. The van der Waals surface area contributed by atoms with Crippen LogP contribution in [0.25, 0.3) is 0 Å². The van der Waals surface area contributed by atoms with Crippen LogP contribution in [-0.2, 0) is 14.8 Å². The van der Waals surface area contributed by atoms with E-state index < -0.39 is 15.4 Å². The molecule has 1 aromatic rings. The minimum atomic E-state index is -3.64. The number of hydrogen-bond donors (Lipinski definition) is 1. The summed E-state index contributed by atoms with van der Waals surface area (Å²) in [7, 11) is -3.64. The van der Waals surface area contributed by atoms with Crippen LogP contribution in [0.5, 0.6) is 0 Å². The SMILES string of the molecule is Cc1ccc(S(=O)(=O)N2CCCCC2C)cc1C(=O)NC1CCN(C(=O)C(C)(C)C)CC1. The van der Waals surface area contributed by atoms with E-state index in [0.29, 0.717) is 38.0 Å². The van der Waals surface area contributed by atoms with Gasteiger partial charge in [0.1, 0.15) is 0 Å². The quantitative estimate of drug-likeness (QED) is 0.742. The molecule has 1 unspecified atom stereocenters. The third-order valence-corrected chi connectivity index (χ3v) is 8.57. The molecule has 1 aromatic carbocycles. The number of aryl methyl sites for hydroxylation is 1. The Labute approximate surface area is 192 Å². The fourth-order valence-corrected chi connectivity index (χ4v) is 6.26. The number of nitrogens with zero attached hydrogens (tertiary/aromatic N) is 2. The summed E-state index contributed by atoms with van der Waals surface area (Å²) in [6.45, 7) is 11.2. The third-order valence-electron chi connectivity index (χ3n) is 6.56. The first kappa shape index (κ1) is 24.7. The maximum atomic E-state index is 13.2. The number of carbonyl (C=O) groups excluding carboxylic acids is 2. The first-order valence-corrected chi connectivity index (χ1v) is 13.1. The number of benzene rings is 1. The number of rotatable bonds is 4. The van der Waals surface area contributed by atoms with Gasteiger partial charge >= 0.3 is 0 Å². The van der Waals surface area contributed by atoms with Crippen molar-refractivity contribution in [3.63, 3.8) is 0 Å². The summed E-state index contributed by atoms with van der Waals surface area (Å²) in [5.41, 5.74) is 0.725. The topological polar surface area (TPSA) is 86.8 Å². The van der Waals surface area contributed by atoms with E-state index in [1.54, 1.807) is 16.4 Å². The second kappa shape index (κ2) is 9.51. The summed E-state index contributed by atoms with van der Waals surface area (Å²) in [5, 5.41) is 3.06. The molecular weight excluding hydrogens is 426 g/mol. The molecule has 1 atom stereocenters. The summed E-state index contributed by atoms with van der Waals surface area (Å²) in [4.78, 5) is 27.5. The van der Waals surface area contributed by atoms with Crippen molar-refractivity contribution in [2.75, 3.05) is 19.6 Å². The average Bonchev–Trinajstić information content (AvgIpc) is 2.73. The van der Waals surface area contributed by atoms with Crippen LogP contribution in [0.2, 0.25) is 0 Å². The fraction of sp³-hybridized carbons (Fsp3) is 0.667. The lowest BCUT2D eigenvalue weighted by Gasteiger charge is -2.36. The summed E-state index contributed by atoms with van der Waals surface area (Å²) in [6, 6.07) is 4.75. The minimum absolute atomic E-state index is 0.0340. The van der Waals surface area contributed by atoms with Crippen molar-refractivity contribution in [2.24, 2.45) is 5.41 Å². The number of sulfonamides is 1. The Bertz CT molecular complexity index is 960. The van der Waals surface area contributed by atoms with Crippen LogP contribution in [0.3, 0.4) is 0 Å². The van der Waals surface area contributed by atoms with E-state index in [9.17, 15) is 18.0 Å². The van der Waals surface area contributed by atoms with Crippen molar-refractivity contribution in [2.45, 2.75) is 83.7 Å². The Morgan fingerprint density at radius 2 is 1.69 bits per heavy atom. The van der Waals surface area contributed by atoms with E-state index >= 15 is 0 Å². The highest BCUT2D eigenvalue weighted by atomic mass is 32.2. The van der Waals surface area contributed by atoms with Crippen molar-refractivity contribution in [3.05, 3.63) is 29.3 Å². The predicted octanol–water partition coefficient (Wildman–Crippen LogP) is 3.33. The van der Waals surface area contributed by atoms with E-state index in [1.807, 2.05) is 39.5 Å². The van der Waals surface area contributed by atoms with Gasteiger partial charge in [-0.2, -0.15) is 4.31 Å². The fourth-order valence-electron chi connectivity index (χ4n) is 4.53. The lowest BCUT2D eigenvalue weighted by molar-refractivity contribution is -0.140. The van der Waals surface area contributed by atoms with Gasteiger partial charge in [-0.15, -0.1) is 0 Å². The lowest BCUT2D eigenvalue weighted by atomic mass is 9.93. The van der Waals surface area contributed by atoms with Crippen molar-refractivity contribution in [3.8, 4) is 0 Å². The van der Waals surface area contributed by atoms with Gasteiger partial charge in [0, 0.05) is 42.7 Å². The van der Waals surface area contributed by atoms with Gasteiger partial charge in [-0.3, -0.25) is 9.59 Å². The van der Waals surface area contributed by atoms with E-state index in [0.717, 1.165) is 24.8 Å². The van der Waals surface area contributed by atoms with Crippen LogP contribution < -0.4 is 5.32 Å². The number of hydrogen-bond acceptors (Lipinski definition) is 4. The van der Waals surface area contributed by atoms with Gasteiger partial charge in [0.2, 0.25) is 15.9 Å². The molecule has 2 fully saturated rings. The van der Waals surface area contributed by atoms with Crippen molar-refractivity contribution < 1.29 is 18.0 Å². The molecule has 2 heterocycles. The summed E-state index contributed by atoms with van der Waals surface area (Å²) < 4.78 is 28.0. The molecular formula is C24H37N3O4S. The molecule has 2 saturated heterocycles. The van der Waals surface area contributed by atoms with Gasteiger partial charge in [0.15, 0.2) is 0 Å². The van der Waals surface area contributed by atoms with Crippen LogP contribution in [0.4, 0.5) is 0 Å². The Morgan fingerprint density at radius 1 is 1.03 bits per heavy atom.